The number of ether oxygens (including phenoxy) is 2. The molecule has 1 rings (SSSR count). The molecule has 0 spiro atoms. The predicted octanol–water partition coefficient (Wildman–Crippen LogP) is 3.09. The van der Waals surface area contributed by atoms with E-state index < -0.39 is 13.7 Å². The van der Waals surface area contributed by atoms with Crippen LogP contribution in [-0.4, -0.2) is 33.5 Å². The van der Waals surface area contributed by atoms with Gasteiger partial charge < -0.3 is 13.9 Å². The van der Waals surface area contributed by atoms with E-state index in [1.807, 2.05) is 13.8 Å². The second-order valence-corrected chi connectivity index (χ2v) is 8.50. The highest BCUT2D eigenvalue weighted by Crippen LogP contribution is 2.40. The van der Waals surface area contributed by atoms with Gasteiger partial charge in [0.25, 0.3) is 8.32 Å². The summed E-state index contributed by atoms with van der Waals surface area (Å²) in [6.07, 6.45) is 3.44. The van der Waals surface area contributed by atoms with E-state index in [1.54, 1.807) is 0 Å². The molecule has 1 fully saturated rings. The number of rotatable bonds is 6. The normalized spacial score (nSPS) is 29.2. The molecule has 4 heteroatoms. The van der Waals surface area contributed by atoms with Crippen LogP contribution in [0.2, 0.25) is 12.6 Å². The van der Waals surface area contributed by atoms with Crippen LogP contribution in [0.25, 0.3) is 0 Å². The van der Waals surface area contributed by atoms with Gasteiger partial charge in [0.15, 0.2) is 5.41 Å². The van der Waals surface area contributed by atoms with Gasteiger partial charge in [-0.1, -0.05) is 6.42 Å². The summed E-state index contributed by atoms with van der Waals surface area (Å²) in [6.45, 7) is 10.6. The van der Waals surface area contributed by atoms with Crippen LogP contribution >= 0.6 is 0 Å². The lowest BCUT2D eigenvalue weighted by Crippen LogP contribution is -2.63. The Morgan fingerprint density at radius 1 is 1.00 bits per heavy atom. The monoisotopic (exact) mass is 246 g/mol. The maximum atomic E-state index is 6.08. The largest absolute Gasteiger partial charge is 0.411 e. The third-order valence-corrected chi connectivity index (χ3v) is 7.82. The summed E-state index contributed by atoms with van der Waals surface area (Å²) < 4.78 is 18.1. The van der Waals surface area contributed by atoms with Gasteiger partial charge in [0, 0.05) is 26.2 Å². The van der Waals surface area contributed by atoms with Gasteiger partial charge in [0.05, 0.1) is 0 Å². The van der Waals surface area contributed by atoms with Crippen molar-refractivity contribution in [3.63, 3.8) is 0 Å². The van der Waals surface area contributed by atoms with Crippen LogP contribution in [0.1, 0.15) is 40.0 Å². The van der Waals surface area contributed by atoms with E-state index in [9.17, 15) is 0 Å². The highest BCUT2D eigenvalue weighted by molar-refractivity contribution is 6.75. The van der Waals surface area contributed by atoms with Gasteiger partial charge in [0.2, 0.25) is 0 Å². The summed E-state index contributed by atoms with van der Waals surface area (Å²) >= 11 is 0. The van der Waals surface area contributed by atoms with Crippen molar-refractivity contribution < 1.29 is 13.9 Å². The fourth-order valence-electron chi connectivity index (χ4n) is 2.73. The first kappa shape index (κ1) is 14.2. The molecule has 1 saturated heterocycles. The molecule has 0 N–H and O–H groups in total. The van der Waals surface area contributed by atoms with Crippen molar-refractivity contribution in [2.75, 3.05) is 19.8 Å². The summed E-state index contributed by atoms with van der Waals surface area (Å²) in [5, 5.41) is 0. The molecular formula is C12H26O3Si. The van der Waals surface area contributed by atoms with Crippen LogP contribution in [-0.2, 0) is 13.9 Å². The molecule has 1 heterocycles. The first-order valence-electron chi connectivity index (χ1n) is 6.56. The highest BCUT2D eigenvalue weighted by Gasteiger charge is 2.55. The van der Waals surface area contributed by atoms with E-state index in [-0.39, 0.29) is 0 Å². The van der Waals surface area contributed by atoms with Crippen molar-refractivity contribution in [2.24, 2.45) is 0 Å². The number of hydrogen-bond acceptors (Lipinski definition) is 3. The van der Waals surface area contributed by atoms with E-state index in [0.29, 0.717) is 13.2 Å². The van der Waals surface area contributed by atoms with Gasteiger partial charge in [0.1, 0.15) is 0 Å². The maximum Gasteiger partial charge on any atom is 0.254 e. The van der Waals surface area contributed by atoms with E-state index in [4.69, 9.17) is 13.9 Å². The molecular weight excluding hydrogens is 220 g/mol. The van der Waals surface area contributed by atoms with Crippen LogP contribution in [0.3, 0.4) is 0 Å². The lowest BCUT2D eigenvalue weighted by atomic mass is 10.2. The van der Waals surface area contributed by atoms with Gasteiger partial charge in [-0.25, -0.2) is 0 Å². The van der Waals surface area contributed by atoms with Crippen molar-refractivity contribution in [1.82, 2.24) is 0 Å². The summed E-state index contributed by atoms with van der Waals surface area (Å²) in [5.74, 6) is 0. The maximum absolute atomic E-state index is 6.08. The molecule has 3 nitrogen and oxygen atoms in total. The molecule has 0 aromatic rings. The molecule has 0 saturated carbocycles. The molecule has 16 heavy (non-hydrogen) atoms. The molecule has 0 amide bonds. The van der Waals surface area contributed by atoms with Crippen molar-refractivity contribution in [2.45, 2.75) is 58.0 Å². The molecule has 1 aliphatic heterocycles. The molecule has 1 unspecified atom stereocenters. The minimum absolute atomic E-state index is 0.398. The number of hydrogen-bond donors (Lipinski definition) is 0. The van der Waals surface area contributed by atoms with Gasteiger partial charge >= 0.3 is 0 Å². The van der Waals surface area contributed by atoms with Crippen LogP contribution in [0.15, 0.2) is 0 Å². The average Bonchev–Trinajstić information content (AvgIpc) is 2.24. The zero-order valence-electron chi connectivity index (χ0n) is 11.2. The van der Waals surface area contributed by atoms with Crippen molar-refractivity contribution in [3.05, 3.63) is 0 Å². The summed E-state index contributed by atoms with van der Waals surface area (Å²) in [5.41, 5.74) is -0.398. The Morgan fingerprint density at radius 3 is 2.12 bits per heavy atom. The Morgan fingerprint density at radius 2 is 1.62 bits per heavy atom. The molecule has 0 radical (unpaired) electrons. The summed E-state index contributed by atoms with van der Waals surface area (Å²) in [4.78, 5) is 0. The summed E-state index contributed by atoms with van der Waals surface area (Å²) in [6, 6.07) is 1.15. The smallest absolute Gasteiger partial charge is 0.254 e. The van der Waals surface area contributed by atoms with Crippen LogP contribution in [0.4, 0.5) is 0 Å². The summed E-state index contributed by atoms with van der Waals surface area (Å²) in [7, 11) is -1.90. The van der Waals surface area contributed by atoms with Crippen molar-refractivity contribution in [3.8, 4) is 0 Å². The van der Waals surface area contributed by atoms with Crippen LogP contribution < -0.4 is 0 Å². The molecule has 1 aliphatic rings. The minimum atomic E-state index is -1.90. The molecule has 0 bridgehead atoms. The van der Waals surface area contributed by atoms with Crippen LogP contribution in [0.5, 0.6) is 0 Å². The highest BCUT2D eigenvalue weighted by atomic mass is 28.4. The SMILES string of the molecule is CCOC1(OCC)CCCC[Si]1(C)OCC. The lowest BCUT2D eigenvalue weighted by Gasteiger charge is -2.48. The van der Waals surface area contributed by atoms with Gasteiger partial charge in [-0.2, -0.15) is 0 Å². The van der Waals surface area contributed by atoms with E-state index >= 15 is 0 Å². The standard InChI is InChI=1S/C12H26O3Si/c1-5-13-12(14-6-2)10-8-9-11-16(12,4)15-7-3/h5-11H2,1-4H3. The van der Waals surface area contributed by atoms with E-state index in [2.05, 4.69) is 13.5 Å². The Hall–Kier alpha value is 0.0969. The van der Waals surface area contributed by atoms with Gasteiger partial charge in [-0.15, -0.1) is 0 Å². The molecule has 0 aliphatic carbocycles. The Labute approximate surface area is 101 Å². The Balaban J connectivity index is 2.88. The second kappa shape index (κ2) is 6.14. The zero-order chi connectivity index (χ0) is 12.1. The lowest BCUT2D eigenvalue weighted by molar-refractivity contribution is -0.198. The molecule has 0 aromatic carbocycles. The van der Waals surface area contributed by atoms with Gasteiger partial charge in [-0.3, -0.25) is 0 Å². The third kappa shape index (κ3) is 2.67. The van der Waals surface area contributed by atoms with Crippen LogP contribution in [0, 0.1) is 0 Å². The minimum Gasteiger partial charge on any atom is -0.411 e. The molecule has 1 atom stereocenters. The third-order valence-electron chi connectivity index (χ3n) is 3.43. The predicted molar refractivity (Wildman–Crippen MR) is 67.9 cm³/mol. The van der Waals surface area contributed by atoms with Crippen molar-refractivity contribution >= 4 is 8.32 Å². The zero-order valence-corrected chi connectivity index (χ0v) is 12.2. The first-order chi connectivity index (χ1) is 7.64. The van der Waals surface area contributed by atoms with E-state index in [0.717, 1.165) is 19.1 Å². The molecule has 96 valence electrons. The van der Waals surface area contributed by atoms with Crippen molar-refractivity contribution in [1.29, 1.82) is 0 Å². The second-order valence-electron chi connectivity index (χ2n) is 4.49. The topological polar surface area (TPSA) is 27.7 Å². The fourth-order valence-corrected chi connectivity index (χ4v) is 6.65. The quantitative estimate of drug-likeness (QED) is 0.532. The van der Waals surface area contributed by atoms with E-state index in [1.165, 1.54) is 12.8 Å². The average molecular weight is 246 g/mol. The van der Waals surface area contributed by atoms with Gasteiger partial charge in [-0.05, 0) is 39.8 Å². The molecule has 0 aromatic heterocycles. The Bertz CT molecular complexity index is 195. The first-order valence-corrected chi connectivity index (χ1v) is 9.17. The Kier molecular flexibility index (Phi) is 5.44. The fraction of sp³-hybridized carbons (Fsp3) is 1.00.